The van der Waals surface area contributed by atoms with Crippen LogP contribution in [0.15, 0.2) is 24.3 Å². The number of aliphatic hydroxyl groups excluding tert-OH is 1. The molecule has 1 atom stereocenters. The number of anilines is 1. The lowest BCUT2D eigenvalue weighted by molar-refractivity contribution is -0.140. The van der Waals surface area contributed by atoms with E-state index in [1.165, 1.54) is 7.11 Å². The van der Waals surface area contributed by atoms with Gasteiger partial charge in [0, 0.05) is 37.6 Å². The lowest BCUT2D eigenvalue weighted by Gasteiger charge is -2.16. The summed E-state index contributed by atoms with van der Waals surface area (Å²) < 4.78 is 4.60. The minimum Gasteiger partial charge on any atom is -0.469 e. The number of methoxy groups -OCH3 is 1. The molecule has 0 spiro atoms. The molecule has 1 saturated heterocycles. The molecule has 2 rings (SSSR count). The van der Waals surface area contributed by atoms with Crippen molar-refractivity contribution in [3.05, 3.63) is 29.8 Å². The quantitative estimate of drug-likeness (QED) is 0.820. The molecule has 0 aliphatic carbocycles. The highest BCUT2D eigenvalue weighted by Gasteiger charge is 2.29. The van der Waals surface area contributed by atoms with E-state index in [0.717, 1.165) is 11.3 Å². The van der Waals surface area contributed by atoms with E-state index in [2.05, 4.69) is 4.74 Å². The van der Waals surface area contributed by atoms with Crippen LogP contribution in [0.2, 0.25) is 0 Å². The van der Waals surface area contributed by atoms with Crippen LogP contribution in [0.1, 0.15) is 18.4 Å². The summed E-state index contributed by atoms with van der Waals surface area (Å²) in [6.07, 6.45) is 1.38. The molecule has 0 bridgehead atoms. The van der Waals surface area contributed by atoms with Crippen molar-refractivity contribution in [2.24, 2.45) is 5.92 Å². The van der Waals surface area contributed by atoms with Crippen LogP contribution < -0.4 is 4.90 Å². The number of hydrogen-bond donors (Lipinski definition) is 1. The van der Waals surface area contributed by atoms with Gasteiger partial charge in [0.15, 0.2) is 0 Å². The topological polar surface area (TPSA) is 66.8 Å². The number of rotatable bonds is 5. The van der Waals surface area contributed by atoms with Gasteiger partial charge in [0.1, 0.15) is 0 Å². The lowest BCUT2D eigenvalue weighted by Crippen LogP contribution is -2.24. The molecule has 1 amide bonds. The first-order chi connectivity index (χ1) is 9.63. The predicted molar refractivity (Wildman–Crippen MR) is 74.3 cm³/mol. The Morgan fingerprint density at radius 2 is 2.10 bits per heavy atom. The lowest BCUT2D eigenvalue weighted by atomic mass is 10.1. The maximum absolute atomic E-state index is 11.8. The average molecular weight is 277 g/mol. The maximum Gasteiger partial charge on any atom is 0.305 e. The molecule has 1 heterocycles. The number of hydrogen-bond acceptors (Lipinski definition) is 4. The summed E-state index contributed by atoms with van der Waals surface area (Å²) >= 11 is 0. The normalized spacial score (nSPS) is 18.4. The Balaban J connectivity index is 1.98. The van der Waals surface area contributed by atoms with Crippen molar-refractivity contribution in [3.63, 3.8) is 0 Å². The molecule has 5 heteroatoms. The number of ether oxygens (including phenoxy) is 1. The summed E-state index contributed by atoms with van der Waals surface area (Å²) in [7, 11) is 1.38. The second kappa shape index (κ2) is 6.52. The fourth-order valence-electron chi connectivity index (χ4n) is 2.34. The number of amides is 1. The van der Waals surface area contributed by atoms with Gasteiger partial charge in [-0.1, -0.05) is 12.1 Å². The summed E-state index contributed by atoms with van der Waals surface area (Å²) in [6, 6.07) is 7.59. The summed E-state index contributed by atoms with van der Waals surface area (Å²) in [5.74, 6) is -0.151. The standard InChI is InChI=1S/C15H19NO4/c1-20-15(19)7-4-11-2-5-13(6-3-11)16-9-12(10-17)8-14(16)18/h2-3,5-6,12,17H,4,7-10H2,1H3. The zero-order valence-corrected chi connectivity index (χ0v) is 11.5. The van der Waals surface area contributed by atoms with Crippen molar-refractivity contribution in [1.82, 2.24) is 0 Å². The van der Waals surface area contributed by atoms with Crippen LogP contribution in [0.3, 0.4) is 0 Å². The van der Waals surface area contributed by atoms with Crippen LogP contribution >= 0.6 is 0 Å². The van der Waals surface area contributed by atoms with Crippen molar-refractivity contribution in [3.8, 4) is 0 Å². The third kappa shape index (κ3) is 3.36. The second-order valence-corrected chi connectivity index (χ2v) is 5.00. The van der Waals surface area contributed by atoms with Gasteiger partial charge in [-0.2, -0.15) is 0 Å². The summed E-state index contributed by atoms with van der Waals surface area (Å²) in [6.45, 7) is 0.607. The van der Waals surface area contributed by atoms with Crippen LogP contribution in [-0.4, -0.2) is 37.2 Å². The highest BCUT2D eigenvalue weighted by molar-refractivity contribution is 5.95. The summed E-state index contributed by atoms with van der Waals surface area (Å²) in [4.78, 5) is 24.6. The Hall–Kier alpha value is -1.88. The molecule has 1 aromatic rings. The Morgan fingerprint density at radius 3 is 2.65 bits per heavy atom. The SMILES string of the molecule is COC(=O)CCc1ccc(N2CC(CO)CC2=O)cc1. The van der Waals surface area contributed by atoms with E-state index >= 15 is 0 Å². The van der Waals surface area contributed by atoms with Crippen LogP contribution in [0.25, 0.3) is 0 Å². The molecular weight excluding hydrogens is 258 g/mol. The average Bonchev–Trinajstić information content (AvgIpc) is 2.86. The minimum atomic E-state index is -0.227. The van der Waals surface area contributed by atoms with Crippen molar-refractivity contribution in [1.29, 1.82) is 0 Å². The molecule has 1 fully saturated rings. The molecule has 0 radical (unpaired) electrons. The third-order valence-corrected chi connectivity index (χ3v) is 3.56. The highest BCUT2D eigenvalue weighted by Crippen LogP contribution is 2.25. The Kier molecular flexibility index (Phi) is 4.74. The molecule has 108 valence electrons. The van der Waals surface area contributed by atoms with Crippen LogP contribution in [0.5, 0.6) is 0 Å². The van der Waals surface area contributed by atoms with Gasteiger partial charge in [-0.05, 0) is 24.1 Å². The first-order valence-electron chi connectivity index (χ1n) is 6.71. The van der Waals surface area contributed by atoms with Gasteiger partial charge in [0.25, 0.3) is 0 Å². The Bertz CT molecular complexity index is 483. The van der Waals surface area contributed by atoms with E-state index in [1.807, 2.05) is 24.3 Å². The van der Waals surface area contributed by atoms with Crippen LogP contribution in [-0.2, 0) is 20.7 Å². The third-order valence-electron chi connectivity index (χ3n) is 3.56. The predicted octanol–water partition coefficient (Wildman–Crippen LogP) is 1.14. The van der Waals surface area contributed by atoms with Gasteiger partial charge >= 0.3 is 5.97 Å². The monoisotopic (exact) mass is 277 g/mol. The molecular formula is C15H19NO4. The molecule has 0 aromatic heterocycles. The van der Waals surface area contributed by atoms with E-state index in [0.29, 0.717) is 25.8 Å². The number of carbonyl (C=O) groups excluding carboxylic acids is 2. The fourth-order valence-corrected chi connectivity index (χ4v) is 2.34. The Labute approximate surface area is 118 Å². The number of nitrogens with zero attached hydrogens (tertiary/aromatic N) is 1. The van der Waals surface area contributed by atoms with Gasteiger partial charge in [0.2, 0.25) is 5.91 Å². The van der Waals surface area contributed by atoms with E-state index in [4.69, 9.17) is 5.11 Å². The Morgan fingerprint density at radius 1 is 1.40 bits per heavy atom. The van der Waals surface area contributed by atoms with Crippen molar-refractivity contribution >= 4 is 17.6 Å². The summed E-state index contributed by atoms with van der Waals surface area (Å²) in [5, 5.41) is 9.12. The van der Waals surface area contributed by atoms with E-state index in [1.54, 1.807) is 4.90 Å². The van der Waals surface area contributed by atoms with Crippen molar-refractivity contribution < 1.29 is 19.4 Å². The van der Waals surface area contributed by atoms with Crippen LogP contribution in [0, 0.1) is 5.92 Å². The van der Waals surface area contributed by atoms with Gasteiger partial charge in [-0.3, -0.25) is 9.59 Å². The zero-order valence-electron chi connectivity index (χ0n) is 11.5. The number of aryl methyl sites for hydroxylation is 1. The van der Waals surface area contributed by atoms with Gasteiger partial charge in [0.05, 0.1) is 7.11 Å². The second-order valence-electron chi connectivity index (χ2n) is 5.00. The molecule has 0 saturated carbocycles. The van der Waals surface area contributed by atoms with E-state index in [-0.39, 0.29) is 24.4 Å². The van der Waals surface area contributed by atoms with Gasteiger partial charge in [-0.15, -0.1) is 0 Å². The molecule has 1 N–H and O–H groups in total. The van der Waals surface area contributed by atoms with E-state index in [9.17, 15) is 9.59 Å². The maximum atomic E-state index is 11.8. The molecule has 1 aliphatic heterocycles. The number of esters is 1. The number of carbonyl (C=O) groups is 2. The van der Waals surface area contributed by atoms with Gasteiger partial charge in [-0.25, -0.2) is 0 Å². The molecule has 1 aliphatic rings. The minimum absolute atomic E-state index is 0.0292. The summed E-state index contributed by atoms with van der Waals surface area (Å²) in [5.41, 5.74) is 1.87. The fraction of sp³-hybridized carbons (Fsp3) is 0.467. The number of benzene rings is 1. The first kappa shape index (κ1) is 14.5. The highest BCUT2D eigenvalue weighted by atomic mass is 16.5. The molecule has 1 unspecified atom stereocenters. The smallest absolute Gasteiger partial charge is 0.305 e. The van der Waals surface area contributed by atoms with Crippen LogP contribution in [0.4, 0.5) is 5.69 Å². The largest absolute Gasteiger partial charge is 0.469 e. The number of aliphatic hydroxyl groups is 1. The molecule has 20 heavy (non-hydrogen) atoms. The van der Waals surface area contributed by atoms with E-state index < -0.39 is 0 Å². The van der Waals surface area contributed by atoms with Gasteiger partial charge < -0.3 is 14.7 Å². The van der Waals surface area contributed by atoms with Crippen molar-refractivity contribution in [2.45, 2.75) is 19.3 Å². The molecule has 5 nitrogen and oxygen atoms in total. The molecule has 1 aromatic carbocycles. The first-order valence-corrected chi connectivity index (χ1v) is 6.71. The van der Waals surface area contributed by atoms with Crippen molar-refractivity contribution in [2.75, 3.05) is 25.2 Å². The zero-order chi connectivity index (χ0) is 14.5.